The molecule has 34 heavy (non-hydrogen) atoms. The van der Waals surface area contributed by atoms with Gasteiger partial charge in [-0.1, -0.05) is 66.7 Å². The van der Waals surface area contributed by atoms with Crippen molar-refractivity contribution in [2.24, 2.45) is 0 Å². The van der Waals surface area contributed by atoms with Crippen molar-refractivity contribution < 1.29 is 4.74 Å². The summed E-state index contributed by atoms with van der Waals surface area (Å²) in [5.74, 6) is 2.34. The lowest BCUT2D eigenvalue weighted by Gasteiger charge is -2.16. The smallest absolute Gasteiger partial charge is 0.176 e. The van der Waals surface area contributed by atoms with Crippen molar-refractivity contribution in [2.75, 3.05) is 10.6 Å². The van der Waals surface area contributed by atoms with Crippen molar-refractivity contribution in [3.8, 4) is 28.3 Å². The molecule has 166 valence electrons. The van der Waals surface area contributed by atoms with Gasteiger partial charge in [-0.05, 0) is 60.2 Å². The van der Waals surface area contributed by atoms with Crippen molar-refractivity contribution in [3.05, 3.63) is 121 Å². The molecule has 5 nitrogen and oxygen atoms in total. The summed E-state index contributed by atoms with van der Waals surface area (Å²) in [5, 5.41) is 11.5. The highest BCUT2D eigenvalue weighted by atomic mass is 32.1. The van der Waals surface area contributed by atoms with Crippen LogP contribution >= 0.6 is 12.2 Å². The monoisotopic (exact) mass is 462 g/mol. The first kappa shape index (κ1) is 21.4. The molecule has 0 amide bonds. The Hall–Kier alpha value is -4.42. The van der Waals surface area contributed by atoms with Gasteiger partial charge in [-0.2, -0.15) is 5.10 Å². The predicted molar refractivity (Wildman–Crippen MR) is 142 cm³/mol. The number of para-hydroxylation sites is 3. The molecule has 0 fully saturated rings. The summed E-state index contributed by atoms with van der Waals surface area (Å²) in [5.41, 5.74) is 3.88. The van der Waals surface area contributed by atoms with Crippen LogP contribution in [0.25, 0.3) is 16.8 Å². The van der Waals surface area contributed by atoms with Crippen LogP contribution in [0.15, 0.2) is 121 Å². The Morgan fingerprint density at radius 1 is 0.706 bits per heavy atom. The normalized spacial score (nSPS) is 10.5. The molecule has 5 rings (SSSR count). The molecule has 0 spiro atoms. The Morgan fingerprint density at radius 3 is 2.24 bits per heavy atom. The van der Waals surface area contributed by atoms with Crippen LogP contribution in [0.2, 0.25) is 0 Å². The molecule has 0 atom stereocenters. The van der Waals surface area contributed by atoms with Crippen LogP contribution in [-0.2, 0) is 0 Å². The van der Waals surface area contributed by atoms with E-state index >= 15 is 0 Å². The van der Waals surface area contributed by atoms with Crippen LogP contribution in [0.4, 0.5) is 11.5 Å². The molecule has 6 heteroatoms. The zero-order valence-electron chi connectivity index (χ0n) is 18.3. The average Bonchev–Trinajstić information content (AvgIpc) is 3.33. The highest BCUT2D eigenvalue weighted by Crippen LogP contribution is 2.32. The summed E-state index contributed by atoms with van der Waals surface area (Å²) in [6, 6.07) is 37.6. The highest BCUT2D eigenvalue weighted by molar-refractivity contribution is 7.80. The quantitative estimate of drug-likeness (QED) is 0.263. The summed E-state index contributed by atoms with van der Waals surface area (Å²) in [6.07, 6.45) is 1.74. The molecule has 0 radical (unpaired) electrons. The molecule has 0 saturated carbocycles. The van der Waals surface area contributed by atoms with Crippen molar-refractivity contribution >= 4 is 28.8 Å². The molecule has 0 aliphatic rings. The minimum absolute atomic E-state index is 0.474. The number of nitrogens with one attached hydrogen (secondary N) is 2. The molecule has 0 bridgehead atoms. The Morgan fingerprint density at radius 2 is 1.41 bits per heavy atom. The molecule has 4 aromatic carbocycles. The maximum Gasteiger partial charge on any atom is 0.176 e. The van der Waals surface area contributed by atoms with E-state index in [0.717, 1.165) is 39.8 Å². The third-order valence-corrected chi connectivity index (χ3v) is 5.39. The van der Waals surface area contributed by atoms with Gasteiger partial charge in [0.15, 0.2) is 5.11 Å². The number of thiocarbonyl (C=S) groups is 1. The van der Waals surface area contributed by atoms with E-state index in [1.54, 1.807) is 6.20 Å². The summed E-state index contributed by atoms with van der Waals surface area (Å²) in [6.45, 7) is 0. The second kappa shape index (κ2) is 10.0. The third-order valence-electron chi connectivity index (χ3n) is 5.18. The van der Waals surface area contributed by atoms with E-state index in [1.165, 1.54) is 0 Å². The van der Waals surface area contributed by atoms with Crippen LogP contribution in [-0.4, -0.2) is 14.9 Å². The first-order valence-corrected chi connectivity index (χ1v) is 11.3. The fourth-order valence-corrected chi connectivity index (χ4v) is 3.85. The summed E-state index contributed by atoms with van der Waals surface area (Å²) in [7, 11) is 0. The topological polar surface area (TPSA) is 51.1 Å². The second-order valence-electron chi connectivity index (χ2n) is 7.53. The first-order chi connectivity index (χ1) is 16.8. The molecular weight excluding hydrogens is 440 g/mol. The average molecular weight is 463 g/mol. The minimum atomic E-state index is 0.474. The summed E-state index contributed by atoms with van der Waals surface area (Å²) in [4.78, 5) is 0. The number of hydrogen-bond donors (Lipinski definition) is 2. The second-order valence-corrected chi connectivity index (χ2v) is 7.94. The Labute approximate surface area is 203 Å². The largest absolute Gasteiger partial charge is 0.457 e. The van der Waals surface area contributed by atoms with Crippen molar-refractivity contribution in [2.45, 2.75) is 0 Å². The molecule has 0 aliphatic carbocycles. The van der Waals surface area contributed by atoms with Crippen LogP contribution in [0.1, 0.15) is 0 Å². The molecule has 5 aromatic rings. The molecule has 0 saturated heterocycles. The van der Waals surface area contributed by atoms with Crippen LogP contribution in [0.3, 0.4) is 0 Å². The lowest BCUT2D eigenvalue weighted by molar-refractivity contribution is 0.483. The highest BCUT2D eigenvalue weighted by Gasteiger charge is 2.10. The molecule has 2 N–H and O–H groups in total. The molecule has 1 aromatic heterocycles. The van der Waals surface area contributed by atoms with Crippen molar-refractivity contribution in [1.29, 1.82) is 0 Å². The van der Waals surface area contributed by atoms with Gasteiger partial charge in [0.2, 0.25) is 0 Å². The maximum absolute atomic E-state index is 6.02. The zero-order chi connectivity index (χ0) is 23.2. The van der Waals surface area contributed by atoms with Gasteiger partial charge in [0.25, 0.3) is 0 Å². The SMILES string of the molecule is S=C(Nc1ccccc1-c1cccc(Oc2ccccc2)c1)Nc1ccnn1-c1ccccc1. The van der Waals surface area contributed by atoms with Gasteiger partial charge in [0.05, 0.1) is 11.9 Å². The number of benzene rings is 4. The van der Waals surface area contributed by atoms with Gasteiger partial charge in [-0.25, -0.2) is 4.68 Å². The van der Waals surface area contributed by atoms with E-state index in [9.17, 15) is 0 Å². The van der Waals surface area contributed by atoms with Gasteiger partial charge in [0, 0.05) is 17.3 Å². The third kappa shape index (κ3) is 4.98. The van der Waals surface area contributed by atoms with Gasteiger partial charge in [0.1, 0.15) is 17.3 Å². The van der Waals surface area contributed by atoms with E-state index in [1.807, 2.05) is 108 Å². The first-order valence-electron chi connectivity index (χ1n) is 10.9. The lowest BCUT2D eigenvalue weighted by Crippen LogP contribution is -2.21. The van der Waals surface area contributed by atoms with E-state index in [-0.39, 0.29) is 0 Å². The van der Waals surface area contributed by atoms with Crippen LogP contribution in [0.5, 0.6) is 11.5 Å². The molecule has 0 unspecified atom stereocenters. The van der Waals surface area contributed by atoms with Gasteiger partial charge in [-0.3, -0.25) is 0 Å². The maximum atomic E-state index is 6.02. The van der Waals surface area contributed by atoms with Gasteiger partial charge in [-0.15, -0.1) is 0 Å². The minimum Gasteiger partial charge on any atom is -0.457 e. The Bertz CT molecular complexity index is 1400. The van der Waals surface area contributed by atoms with E-state index in [0.29, 0.717) is 5.11 Å². The van der Waals surface area contributed by atoms with Crippen molar-refractivity contribution in [3.63, 3.8) is 0 Å². The van der Waals surface area contributed by atoms with Crippen LogP contribution in [0, 0.1) is 0 Å². The molecule has 1 heterocycles. The van der Waals surface area contributed by atoms with E-state index in [4.69, 9.17) is 17.0 Å². The Kier molecular flexibility index (Phi) is 6.31. The fraction of sp³-hybridized carbons (Fsp3) is 0. The van der Waals surface area contributed by atoms with Gasteiger partial charge >= 0.3 is 0 Å². The number of ether oxygens (including phenoxy) is 1. The number of hydrogen-bond acceptors (Lipinski definition) is 3. The molecular formula is C28H22N4OS. The predicted octanol–water partition coefficient (Wildman–Crippen LogP) is 7.14. The van der Waals surface area contributed by atoms with Crippen LogP contribution < -0.4 is 15.4 Å². The van der Waals surface area contributed by atoms with E-state index in [2.05, 4.69) is 27.9 Å². The lowest BCUT2D eigenvalue weighted by atomic mass is 10.0. The summed E-state index contributed by atoms with van der Waals surface area (Å²) >= 11 is 5.63. The van der Waals surface area contributed by atoms with Gasteiger partial charge < -0.3 is 15.4 Å². The number of anilines is 2. The van der Waals surface area contributed by atoms with E-state index < -0.39 is 0 Å². The standard InChI is InChI=1S/C28H22N4OS/c34-28(31-27-18-19-29-32(27)22-11-3-1-4-12-22)30-26-17-8-7-16-25(26)21-10-9-15-24(20-21)33-23-13-5-2-6-14-23/h1-20H,(H2,30,31,34). The van der Waals surface area contributed by atoms with Crippen molar-refractivity contribution in [1.82, 2.24) is 9.78 Å². The number of rotatable bonds is 6. The molecule has 0 aliphatic heterocycles. The number of nitrogens with zero attached hydrogens (tertiary/aromatic N) is 2. The number of aromatic nitrogens is 2. The Balaban J connectivity index is 1.35. The summed E-state index contributed by atoms with van der Waals surface area (Å²) < 4.78 is 7.83. The fourth-order valence-electron chi connectivity index (χ4n) is 3.64. The zero-order valence-corrected chi connectivity index (χ0v) is 19.1.